The highest BCUT2D eigenvalue weighted by atomic mass is 16.5. The molecular formula is C15H21NO4. The summed E-state index contributed by atoms with van der Waals surface area (Å²) in [6.07, 6.45) is 0.231. The van der Waals surface area contributed by atoms with Crippen molar-refractivity contribution in [1.82, 2.24) is 4.90 Å². The Morgan fingerprint density at radius 2 is 2.00 bits per heavy atom. The molecule has 1 aliphatic rings. The van der Waals surface area contributed by atoms with E-state index in [0.29, 0.717) is 38.5 Å². The maximum atomic E-state index is 11.9. The third-order valence-electron chi connectivity index (χ3n) is 3.38. The summed E-state index contributed by atoms with van der Waals surface area (Å²) in [5.41, 5.74) is 0.861. The quantitative estimate of drug-likeness (QED) is 0.884. The Kier molecular flexibility index (Phi) is 5.38. The smallest absolute Gasteiger partial charge is 0.260 e. The van der Waals surface area contributed by atoms with Gasteiger partial charge in [0.15, 0.2) is 6.61 Å². The Morgan fingerprint density at radius 3 is 2.60 bits per heavy atom. The molecule has 5 nitrogen and oxygen atoms in total. The van der Waals surface area contributed by atoms with Crippen LogP contribution in [0, 0.1) is 0 Å². The van der Waals surface area contributed by atoms with Crippen molar-refractivity contribution in [3.05, 3.63) is 29.8 Å². The first-order chi connectivity index (χ1) is 9.70. The number of aliphatic hydroxyl groups excluding tert-OH is 1. The minimum absolute atomic E-state index is 0.0223. The zero-order valence-electron chi connectivity index (χ0n) is 11.7. The first kappa shape index (κ1) is 14.8. The molecule has 1 heterocycles. The predicted octanol–water partition coefficient (Wildman–Crippen LogP) is 1.37. The minimum Gasteiger partial charge on any atom is -0.484 e. The largest absolute Gasteiger partial charge is 0.484 e. The van der Waals surface area contributed by atoms with E-state index in [4.69, 9.17) is 9.47 Å². The lowest BCUT2D eigenvalue weighted by molar-refractivity contribution is -0.137. The van der Waals surface area contributed by atoms with Crippen molar-refractivity contribution in [2.45, 2.75) is 19.4 Å². The summed E-state index contributed by atoms with van der Waals surface area (Å²) in [4.78, 5) is 13.6. The molecule has 1 amide bonds. The summed E-state index contributed by atoms with van der Waals surface area (Å²) in [7, 11) is 0. The van der Waals surface area contributed by atoms with Crippen molar-refractivity contribution >= 4 is 5.91 Å². The third kappa shape index (κ3) is 3.95. The van der Waals surface area contributed by atoms with Crippen LogP contribution < -0.4 is 4.74 Å². The van der Waals surface area contributed by atoms with Gasteiger partial charge in [-0.05, 0) is 24.1 Å². The van der Waals surface area contributed by atoms with Crippen LogP contribution in [0.5, 0.6) is 5.75 Å². The molecule has 0 bridgehead atoms. The van der Waals surface area contributed by atoms with E-state index in [1.807, 2.05) is 19.1 Å². The van der Waals surface area contributed by atoms with E-state index in [-0.39, 0.29) is 12.5 Å². The number of hydrogen-bond acceptors (Lipinski definition) is 4. The van der Waals surface area contributed by atoms with Crippen LogP contribution in [0.25, 0.3) is 0 Å². The SMILES string of the molecule is CCC(O)c1ccc(OCC(=O)N2CCOCC2)cc1. The number of aliphatic hydroxyl groups is 1. The number of carbonyl (C=O) groups excluding carboxylic acids is 1. The van der Waals surface area contributed by atoms with E-state index in [2.05, 4.69) is 0 Å². The van der Waals surface area contributed by atoms with Crippen LogP contribution in [0.1, 0.15) is 25.0 Å². The van der Waals surface area contributed by atoms with Crippen LogP contribution in [0.2, 0.25) is 0 Å². The van der Waals surface area contributed by atoms with Crippen molar-refractivity contribution in [2.75, 3.05) is 32.9 Å². The summed E-state index contributed by atoms with van der Waals surface area (Å²) in [5, 5.41) is 9.70. The molecule has 1 atom stereocenters. The molecular weight excluding hydrogens is 258 g/mol. The molecule has 1 unspecified atom stereocenters. The molecule has 0 spiro atoms. The maximum absolute atomic E-state index is 11.9. The Morgan fingerprint density at radius 1 is 1.35 bits per heavy atom. The normalized spacial score (nSPS) is 16.8. The average molecular weight is 279 g/mol. The number of morpholine rings is 1. The molecule has 2 rings (SSSR count). The summed E-state index contributed by atoms with van der Waals surface area (Å²) in [6, 6.07) is 7.20. The zero-order chi connectivity index (χ0) is 14.4. The molecule has 1 saturated heterocycles. The second-order valence-electron chi connectivity index (χ2n) is 4.77. The Hall–Kier alpha value is -1.59. The number of carbonyl (C=O) groups is 1. The van der Waals surface area contributed by atoms with Gasteiger partial charge in [0.05, 0.1) is 19.3 Å². The molecule has 0 saturated carbocycles. The fourth-order valence-electron chi connectivity index (χ4n) is 2.07. The Labute approximate surface area is 119 Å². The number of amides is 1. The first-order valence-electron chi connectivity index (χ1n) is 6.97. The van der Waals surface area contributed by atoms with Crippen LogP contribution in [-0.4, -0.2) is 48.8 Å². The number of hydrogen-bond donors (Lipinski definition) is 1. The minimum atomic E-state index is -0.445. The van der Waals surface area contributed by atoms with E-state index >= 15 is 0 Å². The third-order valence-corrected chi connectivity index (χ3v) is 3.38. The van der Waals surface area contributed by atoms with E-state index in [0.717, 1.165) is 5.56 Å². The van der Waals surface area contributed by atoms with E-state index in [9.17, 15) is 9.90 Å². The molecule has 1 aromatic rings. The van der Waals surface area contributed by atoms with Crippen LogP contribution in [0.3, 0.4) is 0 Å². The van der Waals surface area contributed by atoms with Gasteiger partial charge in [-0.1, -0.05) is 19.1 Å². The highest BCUT2D eigenvalue weighted by Gasteiger charge is 2.17. The molecule has 0 aliphatic carbocycles. The second kappa shape index (κ2) is 7.26. The lowest BCUT2D eigenvalue weighted by Crippen LogP contribution is -2.42. The van der Waals surface area contributed by atoms with E-state index in [1.54, 1.807) is 17.0 Å². The fraction of sp³-hybridized carbons (Fsp3) is 0.533. The average Bonchev–Trinajstić information content (AvgIpc) is 2.53. The molecule has 0 radical (unpaired) electrons. The molecule has 1 N–H and O–H groups in total. The van der Waals surface area contributed by atoms with E-state index < -0.39 is 6.10 Å². The lowest BCUT2D eigenvalue weighted by atomic mass is 10.1. The molecule has 5 heteroatoms. The summed E-state index contributed by atoms with van der Waals surface area (Å²) in [6.45, 7) is 4.41. The molecule has 1 fully saturated rings. The molecule has 110 valence electrons. The van der Waals surface area contributed by atoms with Gasteiger partial charge in [0.2, 0.25) is 0 Å². The van der Waals surface area contributed by atoms with Crippen molar-refractivity contribution in [1.29, 1.82) is 0 Å². The summed E-state index contributed by atoms with van der Waals surface area (Å²) < 4.78 is 10.7. The lowest BCUT2D eigenvalue weighted by Gasteiger charge is -2.26. The molecule has 20 heavy (non-hydrogen) atoms. The van der Waals surface area contributed by atoms with Gasteiger partial charge in [0, 0.05) is 13.1 Å². The topological polar surface area (TPSA) is 59.0 Å². The molecule has 1 aliphatic heterocycles. The van der Waals surface area contributed by atoms with E-state index in [1.165, 1.54) is 0 Å². The first-order valence-corrected chi connectivity index (χ1v) is 6.97. The summed E-state index contributed by atoms with van der Waals surface area (Å²) in [5.74, 6) is 0.615. The van der Waals surface area contributed by atoms with Crippen LogP contribution in [-0.2, 0) is 9.53 Å². The van der Waals surface area contributed by atoms with Crippen molar-refractivity contribution in [3.8, 4) is 5.75 Å². The number of nitrogens with zero attached hydrogens (tertiary/aromatic N) is 1. The van der Waals surface area contributed by atoms with Gasteiger partial charge in [-0.2, -0.15) is 0 Å². The Balaban J connectivity index is 1.82. The number of benzene rings is 1. The van der Waals surface area contributed by atoms with Crippen molar-refractivity contribution in [3.63, 3.8) is 0 Å². The standard InChI is InChI=1S/C15H21NO4/c1-2-14(17)12-3-5-13(6-4-12)20-11-15(18)16-7-9-19-10-8-16/h3-6,14,17H,2,7-11H2,1H3. The second-order valence-corrected chi connectivity index (χ2v) is 4.77. The highest BCUT2D eigenvalue weighted by Crippen LogP contribution is 2.19. The van der Waals surface area contributed by atoms with Crippen LogP contribution in [0.4, 0.5) is 0 Å². The number of rotatable bonds is 5. The van der Waals surface area contributed by atoms with Gasteiger partial charge in [-0.3, -0.25) is 4.79 Å². The van der Waals surface area contributed by atoms with Crippen LogP contribution >= 0.6 is 0 Å². The predicted molar refractivity (Wildman–Crippen MR) is 74.6 cm³/mol. The summed E-state index contributed by atoms with van der Waals surface area (Å²) >= 11 is 0. The number of ether oxygens (including phenoxy) is 2. The van der Waals surface area contributed by atoms with Gasteiger partial charge < -0.3 is 19.5 Å². The van der Waals surface area contributed by atoms with Gasteiger partial charge in [0.1, 0.15) is 5.75 Å². The zero-order valence-corrected chi connectivity index (χ0v) is 11.7. The van der Waals surface area contributed by atoms with Gasteiger partial charge in [-0.15, -0.1) is 0 Å². The molecule has 1 aromatic carbocycles. The fourth-order valence-corrected chi connectivity index (χ4v) is 2.07. The van der Waals surface area contributed by atoms with Crippen molar-refractivity contribution < 1.29 is 19.4 Å². The monoisotopic (exact) mass is 279 g/mol. The van der Waals surface area contributed by atoms with Crippen molar-refractivity contribution in [2.24, 2.45) is 0 Å². The van der Waals surface area contributed by atoms with Crippen LogP contribution in [0.15, 0.2) is 24.3 Å². The maximum Gasteiger partial charge on any atom is 0.260 e. The van der Waals surface area contributed by atoms with Gasteiger partial charge >= 0.3 is 0 Å². The highest BCUT2D eigenvalue weighted by molar-refractivity contribution is 5.77. The Bertz CT molecular complexity index is 426. The molecule has 0 aromatic heterocycles. The van der Waals surface area contributed by atoms with Gasteiger partial charge in [0.25, 0.3) is 5.91 Å². The van der Waals surface area contributed by atoms with Gasteiger partial charge in [-0.25, -0.2) is 0 Å².